The number of carboxylic acid groups (broad SMARTS) is 1. The molecule has 0 N–H and O–H groups in total. The number of carbonyl (C=O) groups excluding carboxylic acids is 1. The first-order chi connectivity index (χ1) is 13.2. The van der Waals surface area contributed by atoms with Crippen LogP contribution < -0.4 is 39.4 Å². The Morgan fingerprint density at radius 3 is 2.04 bits per heavy atom. The number of benzene rings is 1. The molecule has 1 aromatic rings. The van der Waals surface area contributed by atoms with Crippen molar-refractivity contribution in [2.75, 3.05) is 0 Å². The van der Waals surface area contributed by atoms with Gasteiger partial charge in [0.2, 0.25) is 0 Å². The fraction of sp³-hybridized carbons (Fsp3) is 0.625. The fourth-order valence-corrected chi connectivity index (χ4v) is 3.28. The molecule has 0 amide bonds. The van der Waals surface area contributed by atoms with Gasteiger partial charge < -0.3 is 14.6 Å². The second kappa shape index (κ2) is 18.3. The first-order valence-corrected chi connectivity index (χ1v) is 10.7. The van der Waals surface area contributed by atoms with E-state index in [1.54, 1.807) is 0 Å². The van der Waals surface area contributed by atoms with Crippen LogP contribution in [0.25, 0.3) is 6.08 Å². The van der Waals surface area contributed by atoms with Gasteiger partial charge in [0.1, 0.15) is 5.75 Å². The van der Waals surface area contributed by atoms with Crippen molar-refractivity contribution < 1.29 is 44.2 Å². The molecule has 4 heteroatoms. The molecule has 0 radical (unpaired) electrons. The van der Waals surface area contributed by atoms with Gasteiger partial charge >= 0.3 is 29.6 Å². The van der Waals surface area contributed by atoms with E-state index in [4.69, 9.17) is 4.74 Å². The Morgan fingerprint density at radius 2 is 1.50 bits per heavy atom. The zero-order valence-corrected chi connectivity index (χ0v) is 20.1. The van der Waals surface area contributed by atoms with Gasteiger partial charge in [0.25, 0.3) is 0 Å². The maximum atomic E-state index is 10.4. The zero-order chi connectivity index (χ0) is 19.7. The molecule has 152 valence electrons. The Balaban J connectivity index is 0.00000729. The van der Waals surface area contributed by atoms with E-state index in [2.05, 4.69) is 13.5 Å². The van der Waals surface area contributed by atoms with E-state index in [0.717, 1.165) is 43.4 Å². The van der Waals surface area contributed by atoms with Gasteiger partial charge in [0.15, 0.2) is 0 Å². The van der Waals surface area contributed by atoms with Crippen molar-refractivity contribution in [2.45, 2.75) is 96.5 Å². The van der Waals surface area contributed by atoms with Crippen molar-refractivity contribution >= 4 is 12.0 Å². The molecule has 0 aliphatic carbocycles. The Labute approximate surface area is 194 Å². The largest absolute Gasteiger partial charge is 1.00 e. The summed E-state index contributed by atoms with van der Waals surface area (Å²) < 4.78 is 6.26. The number of carbonyl (C=O) groups is 1. The maximum absolute atomic E-state index is 10.4. The molecule has 0 fully saturated rings. The normalized spacial score (nSPS) is 11.5. The minimum absolute atomic E-state index is 0. The smallest absolute Gasteiger partial charge is 0.550 e. The number of aliphatic carboxylic acids is 1. The molecule has 0 saturated carbocycles. The molecular formula is C24H37NaO3. The number of unbranched alkanes of at least 4 members (excludes halogenated alkanes) is 8. The van der Waals surface area contributed by atoms with Crippen molar-refractivity contribution in [3.05, 3.63) is 36.4 Å². The van der Waals surface area contributed by atoms with Gasteiger partial charge in [0, 0.05) is 5.97 Å². The van der Waals surface area contributed by atoms with Crippen LogP contribution in [0.2, 0.25) is 0 Å². The molecule has 0 aliphatic rings. The molecule has 0 heterocycles. The van der Waals surface area contributed by atoms with E-state index < -0.39 is 5.97 Å². The van der Waals surface area contributed by atoms with Crippen LogP contribution in [0, 0.1) is 0 Å². The fourth-order valence-electron chi connectivity index (χ4n) is 3.28. The average Bonchev–Trinajstić information content (AvgIpc) is 2.67. The number of ether oxygens (including phenoxy) is 1. The van der Waals surface area contributed by atoms with Gasteiger partial charge in [-0.1, -0.05) is 76.7 Å². The zero-order valence-electron chi connectivity index (χ0n) is 18.1. The van der Waals surface area contributed by atoms with Gasteiger partial charge in [-0.05, 0) is 56.2 Å². The third-order valence-corrected chi connectivity index (χ3v) is 4.96. The number of rotatable bonds is 17. The number of hydrogen-bond donors (Lipinski definition) is 0. The van der Waals surface area contributed by atoms with Crippen molar-refractivity contribution in [3.63, 3.8) is 0 Å². The molecular weight excluding hydrogens is 359 g/mol. The van der Waals surface area contributed by atoms with Gasteiger partial charge in [-0.15, -0.1) is 0 Å². The summed E-state index contributed by atoms with van der Waals surface area (Å²) >= 11 is 0. The molecule has 0 bridgehead atoms. The molecule has 28 heavy (non-hydrogen) atoms. The first-order valence-electron chi connectivity index (χ1n) is 10.7. The number of carboxylic acids is 1. The summed E-state index contributed by atoms with van der Waals surface area (Å²) in [6.07, 6.45) is 16.0. The van der Waals surface area contributed by atoms with Crippen LogP contribution in [-0.2, 0) is 4.79 Å². The molecule has 1 atom stereocenters. The molecule has 0 spiro atoms. The third-order valence-electron chi connectivity index (χ3n) is 4.96. The third kappa shape index (κ3) is 14.3. The SMILES string of the molecule is C=Cc1ccc(OC(CCCCCC)CCCCCCCCC(=O)[O-])cc1.[Na+]. The van der Waals surface area contributed by atoms with E-state index >= 15 is 0 Å². The van der Waals surface area contributed by atoms with E-state index in [1.807, 2.05) is 30.3 Å². The second-order valence-corrected chi connectivity index (χ2v) is 7.39. The van der Waals surface area contributed by atoms with Crippen LogP contribution in [0.15, 0.2) is 30.8 Å². The molecule has 1 rings (SSSR count). The number of hydrogen-bond acceptors (Lipinski definition) is 3. The van der Waals surface area contributed by atoms with Crippen molar-refractivity contribution in [2.24, 2.45) is 0 Å². The van der Waals surface area contributed by atoms with Crippen LogP contribution >= 0.6 is 0 Å². The second-order valence-electron chi connectivity index (χ2n) is 7.39. The maximum Gasteiger partial charge on any atom is 1.00 e. The van der Waals surface area contributed by atoms with Gasteiger partial charge in [-0.3, -0.25) is 0 Å². The Hall–Kier alpha value is -0.770. The molecule has 3 nitrogen and oxygen atoms in total. The Kier molecular flexibility index (Phi) is 17.8. The molecule has 0 saturated heterocycles. The first kappa shape index (κ1) is 27.2. The predicted octanol–water partition coefficient (Wildman–Crippen LogP) is 2.92. The summed E-state index contributed by atoms with van der Waals surface area (Å²) in [6, 6.07) is 8.16. The molecule has 1 unspecified atom stereocenters. The summed E-state index contributed by atoms with van der Waals surface area (Å²) in [7, 11) is 0. The van der Waals surface area contributed by atoms with Gasteiger partial charge in [-0.25, -0.2) is 0 Å². The van der Waals surface area contributed by atoms with Crippen LogP contribution in [-0.4, -0.2) is 12.1 Å². The van der Waals surface area contributed by atoms with E-state index in [-0.39, 0.29) is 42.1 Å². The van der Waals surface area contributed by atoms with Crippen molar-refractivity contribution in [3.8, 4) is 5.75 Å². The van der Waals surface area contributed by atoms with Crippen LogP contribution in [0.1, 0.15) is 96.0 Å². The predicted molar refractivity (Wildman–Crippen MR) is 112 cm³/mol. The quantitative estimate of drug-likeness (QED) is 0.300. The minimum atomic E-state index is -0.931. The summed E-state index contributed by atoms with van der Waals surface area (Å²) in [4.78, 5) is 10.4. The Bertz CT molecular complexity index is 513. The van der Waals surface area contributed by atoms with Crippen molar-refractivity contribution in [1.29, 1.82) is 0 Å². The molecule has 1 aromatic carbocycles. The minimum Gasteiger partial charge on any atom is -0.550 e. The molecule has 0 aromatic heterocycles. The van der Waals surface area contributed by atoms with Crippen LogP contribution in [0.3, 0.4) is 0 Å². The van der Waals surface area contributed by atoms with Gasteiger partial charge in [0.05, 0.1) is 6.10 Å². The standard InChI is InChI=1S/C24H38O3.Na/c1-3-5-6-11-14-22(27-23-19-17-21(4-2)18-20-23)15-12-9-7-8-10-13-16-24(25)26;/h4,17-20,22H,2-3,5-16H2,1H3,(H,25,26);/q;+1/p-1. The summed E-state index contributed by atoms with van der Waals surface area (Å²) in [5, 5.41) is 10.4. The van der Waals surface area contributed by atoms with E-state index in [0.29, 0.717) is 0 Å². The monoisotopic (exact) mass is 396 g/mol. The molecule has 0 aliphatic heterocycles. The topological polar surface area (TPSA) is 49.4 Å². The van der Waals surface area contributed by atoms with Crippen LogP contribution in [0.4, 0.5) is 0 Å². The van der Waals surface area contributed by atoms with Crippen LogP contribution in [0.5, 0.6) is 5.75 Å². The summed E-state index contributed by atoms with van der Waals surface area (Å²) in [5.41, 5.74) is 1.11. The Morgan fingerprint density at radius 1 is 0.964 bits per heavy atom. The average molecular weight is 397 g/mol. The summed E-state index contributed by atoms with van der Waals surface area (Å²) in [6.45, 7) is 6.03. The van der Waals surface area contributed by atoms with Crippen molar-refractivity contribution in [1.82, 2.24) is 0 Å². The summed E-state index contributed by atoms with van der Waals surface area (Å²) in [5.74, 6) is 0.0163. The van der Waals surface area contributed by atoms with E-state index in [9.17, 15) is 9.90 Å². The van der Waals surface area contributed by atoms with Gasteiger partial charge in [-0.2, -0.15) is 0 Å². The van der Waals surface area contributed by atoms with E-state index in [1.165, 1.54) is 44.9 Å².